The van der Waals surface area contributed by atoms with Crippen molar-refractivity contribution >= 4 is 18.0 Å². The van der Waals surface area contributed by atoms with Gasteiger partial charge in [-0.1, -0.05) is 76.2 Å². The summed E-state index contributed by atoms with van der Waals surface area (Å²) in [7, 11) is 0. The Morgan fingerprint density at radius 2 is 1.55 bits per heavy atom. The Balaban J connectivity index is 1.62. The highest BCUT2D eigenvalue weighted by molar-refractivity contribution is 5.86. The molecular weight excluding hydrogens is 420 g/mol. The lowest BCUT2D eigenvalue weighted by Crippen LogP contribution is -2.54. The van der Waals surface area contributed by atoms with Crippen LogP contribution in [0.1, 0.15) is 51.2 Å². The van der Waals surface area contributed by atoms with Crippen LogP contribution >= 0.6 is 0 Å². The number of carboxylic acid groups (broad SMARTS) is 1. The Kier molecular flexibility index (Phi) is 7.41. The second-order valence-electron chi connectivity index (χ2n) is 9.59. The number of ether oxygens (including phenoxy) is 1. The number of carboxylic acids is 1. The number of hydrogen-bond acceptors (Lipinski definition) is 4. The third kappa shape index (κ3) is 5.72. The molecule has 1 aliphatic rings. The Morgan fingerprint density at radius 3 is 2.06 bits per heavy atom. The lowest BCUT2D eigenvalue weighted by Gasteiger charge is -2.30. The third-order valence-corrected chi connectivity index (χ3v) is 6.03. The van der Waals surface area contributed by atoms with Gasteiger partial charge in [0.15, 0.2) is 0 Å². The number of nitrogens with one attached hydrogen (secondary N) is 2. The fourth-order valence-electron chi connectivity index (χ4n) is 4.07. The second kappa shape index (κ2) is 10.1. The quantitative estimate of drug-likeness (QED) is 0.558. The minimum absolute atomic E-state index is 0.0671. The van der Waals surface area contributed by atoms with E-state index in [1.807, 2.05) is 57.2 Å². The molecular formula is C26H32N2O5. The van der Waals surface area contributed by atoms with E-state index in [9.17, 15) is 14.4 Å². The largest absolute Gasteiger partial charge is 0.481 e. The highest BCUT2D eigenvalue weighted by atomic mass is 16.5. The summed E-state index contributed by atoms with van der Waals surface area (Å²) in [6.45, 7) is 7.51. The predicted molar refractivity (Wildman–Crippen MR) is 126 cm³/mol. The van der Waals surface area contributed by atoms with Gasteiger partial charge >= 0.3 is 12.1 Å². The molecule has 2 aromatic rings. The van der Waals surface area contributed by atoms with Gasteiger partial charge < -0.3 is 20.5 Å². The molecule has 0 bridgehead atoms. The van der Waals surface area contributed by atoms with Crippen molar-refractivity contribution in [1.29, 1.82) is 0 Å². The zero-order valence-corrected chi connectivity index (χ0v) is 19.6. The number of fused-ring (bicyclic) bond motifs is 3. The van der Waals surface area contributed by atoms with E-state index in [-0.39, 0.29) is 25.0 Å². The molecule has 7 nitrogen and oxygen atoms in total. The van der Waals surface area contributed by atoms with Crippen LogP contribution in [0.15, 0.2) is 48.5 Å². The molecule has 7 heteroatoms. The molecule has 2 aromatic carbocycles. The van der Waals surface area contributed by atoms with E-state index in [4.69, 9.17) is 9.84 Å². The molecule has 1 unspecified atom stereocenters. The van der Waals surface area contributed by atoms with Gasteiger partial charge in [0.1, 0.15) is 12.6 Å². The van der Waals surface area contributed by atoms with Crippen molar-refractivity contribution in [1.82, 2.24) is 10.6 Å². The van der Waals surface area contributed by atoms with Crippen LogP contribution in [0.3, 0.4) is 0 Å². The molecule has 0 heterocycles. The molecule has 3 N–H and O–H groups in total. The first-order valence-corrected chi connectivity index (χ1v) is 11.2. The molecule has 0 aliphatic heterocycles. The summed E-state index contributed by atoms with van der Waals surface area (Å²) in [5, 5.41) is 14.4. The molecule has 2 atom stereocenters. The normalized spacial score (nSPS) is 14.5. The first kappa shape index (κ1) is 24.3. The molecule has 0 aromatic heterocycles. The van der Waals surface area contributed by atoms with E-state index in [1.54, 1.807) is 6.92 Å². The third-order valence-electron chi connectivity index (χ3n) is 6.03. The number of amides is 2. The van der Waals surface area contributed by atoms with E-state index in [1.165, 1.54) is 0 Å². The molecule has 0 saturated heterocycles. The monoisotopic (exact) mass is 452 g/mol. The van der Waals surface area contributed by atoms with Crippen molar-refractivity contribution in [2.45, 2.75) is 46.1 Å². The summed E-state index contributed by atoms with van der Waals surface area (Å²) in [5.41, 5.74) is 3.95. The molecule has 0 saturated carbocycles. The van der Waals surface area contributed by atoms with Gasteiger partial charge in [0, 0.05) is 12.5 Å². The highest BCUT2D eigenvalue weighted by Crippen LogP contribution is 2.44. The predicted octanol–water partition coefficient (Wildman–Crippen LogP) is 4.17. The van der Waals surface area contributed by atoms with Crippen LogP contribution in [-0.2, 0) is 14.3 Å². The fraction of sp³-hybridized carbons (Fsp3) is 0.423. The van der Waals surface area contributed by atoms with Crippen LogP contribution in [0.2, 0.25) is 0 Å². The van der Waals surface area contributed by atoms with E-state index in [2.05, 4.69) is 22.8 Å². The summed E-state index contributed by atoms with van der Waals surface area (Å²) >= 11 is 0. The summed E-state index contributed by atoms with van der Waals surface area (Å²) in [6.07, 6.45) is -0.353. The SMILES string of the molecule is CC(CCNC(=O)[C@@H](NC(=O)OCC1c2ccccc2-c2ccccc21)C(C)(C)C)C(=O)O. The molecule has 3 rings (SSSR count). The van der Waals surface area contributed by atoms with Gasteiger partial charge in [-0.2, -0.15) is 0 Å². The smallest absolute Gasteiger partial charge is 0.407 e. The number of hydrogen-bond donors (Lipinski definition) is 3. The average molecular weight is 453 g/mol. The number of benzene rings is 2. The summed E-state index contributed by atoms with van der Waals surface area (Å²) < 4.78 is 5.58. The van der Waals surface area contributed by atoms with Crippen molar-refractivity contribution in [2.75, 3.05) is 13.2 Å². The summed E-state index contributed by atoms with van der Waals surface area (Å²) in [5.74, 6) is -1.90. The van der Waals surface area contributed by atoms with Gasteiger partial charge in [0.25, 0.3) is 0 Å². The standard InChI is InChI=1S/C26H32N2O5/c1-16(24(30)31)13-14-27-23(29)22(26(2,3)4)28-25(32)33-15-21-19-11-7-5-9-17(19)18-10-6-8-12-20(18)21/h5-12,16,21-22H,13-15H2,1-4H3,(H,27,29)(H,28,32)(H,30,31)/t16?,22-/m1/s1. The highest BCUT2D eigenvalue weighted by Gasteiger charge is 2.34. The van der Waals surface area contributed by atoms with Gasteiger partial charge in [-0.25, -0.2) is 4.79 Å². The second-order valence-corrected chi connectivity index (χ2v) is 9.59. The Labute approximate surface area is 194 Å². The number of rotatable bonds is 8. The topological polar surface area (TPSA) is 105 Å². The van der Waals surface area contributed by atoms with Gasteiger partial charge in [0.05, 0.1) is 5.92 Å². The van der Waals surface area contributed by atoms with Crippen molar-refractivity contribution in [3.05, 3.63) is 59.7 Å². The van der Waals surface area contributed by atoms with Crippen molar-refractivity contribution in [3.8, 4) is 11.1 Å². The van der Waals surface area contributed by atoms with Crippen LogP contribution in [-0.4, -0.2) is 42.3 Å². The molecule has 1 aliphatic carbocycles. The van der Waals surface area contributed by atoms with Crippen molar-refractivity contribution in [2.24, 2.45) is 11.3 Å². The lowest BCUT2D eigenvalue weighted by molar-refractivity contribution is -0.141. The molecule has 33 heavy (non-hydrogen) atoms. The Bertz CT molecular complexity index is 982. The number of aliphatic carboxylic acids is 1. The first-order valence-electron chi connectivity index (χ1n) is 11.2. The van der Waals surface area contributed by atoms with Crippen LogP contribution < -0.4 is 10.6 Å². The lowest BCUT2D eigenvalue weighted by atomic mass is 9.86. The van der Waals surface area contributed by atoms with E-state index in [0.717, 1.165) is 22.3 Å². The summed E-state index contributed by atoms with van der Waals surface area (Å²) in [6, 6.07) is 15.3. The maximum Gasteiger partial charge on any atom is 0.407 e. The average Bonchev–Trinajstić information content (AvgIpc) is 3.08. The minimum atomic E-state index is -0.909. The van der Waals surface area contributed by atoms with Crippen LogP contribution in [0, 0.1) is 11.3 Å². The van der Waals surface area contributed by atoms with Crippen LogP contribution in [0.4, 0.5) is 4.79 Å². The molecule has 2 amide bonds. The van der Waals surface area contributed by atoms with Crippen LogP contribution in [0.5, 0.6) is 0 Å². The number of carbonyl (C=O) groups excluding carboxylic acids is 2. The first-order chi connectivity index (χ1) is 15.6. The van der Waals surface area contributed by atoms with Gasteiger partial charge in [-0.3, -0.25) is 9.59 Å². The maximum atomic E-state index is 12.7. The van der Waals surface area contributed by atoms with E-state index in [0.29, 0.717) is 6.42 Å². The fourth-order valence-corrected chi connectivity index (χ4v) is 4.07. The van der Waals surface area contributed by atoms with E-state index < -0.39 is 29.4 Å². The number of alkyl carbamates (subject to hydrolysis) is 1. The molecule has 0 fully saturated rings. The van der Waals surface area contributed by atoms with Gasteiger partial charge in [0.2, 0.25) is 5.91 Å². The maximum absolute atomic E-state index is 12.7. The number of carbonyl (C=O) groups is 3. The van der Waals surface area contributed by atoms with E-state index >= 15 is 0 Å². The molecule has 0 radical (unpaired) electrons. The van der Waals surface area contributed by atoms with Crippen LogP contribution in [0.25, 0.3) is 11.1 Å². The minimum Gasteiger partial charge on any atom is -0.481 e. The van der Waals surface area contributed by atoms with Crippen molar-refractivity contribution in [3.63, 3.8) is 0 Å². The zero-order chi connectivity index (χ0) is 24.2. The van der Waals surface area contributed by atoms with Gasteiger partial charge in [-0.05, 0) is 34.1 Å². The Hall–Kier alpha value is -3.35. The summed E-state index contributed by atoms with van der Waals surface area (Å²) in [4.78, 5) is 36.4. The zero-order valence-electron chi connectivity index (χ0n) is 19.6. The molecule has 176 valence electrons. The van der Waals surface area contributed by atoms with Gasteiger partial charge in [-0.15, -0.1) is 0 Å². The molecule has 0 spiro atoms. The van der Waals surface area contributed by atoms with Crippen molar-refractivity contribution < 1.29 is 24.2 Å². The Morgan fingerprint density at radius 1 is 1.00 bits per heavy atom.